The third-order valence-corrected chi connectivity index (χ3v) is 3.43. The molecule has 0 saturated carbocycles. The van der Waals surface area contributed by atoms with E-state index in [1.54, 1.807) is 19.2 Å². The molecule has 0 aliphatic heterocycles. The average Bonchev–Trinajstić information content (AvgIpc) is 3.02. The van der Waals surface area contributed by atoms with Gasteiger partial charge in [-0.05, 0) is 17.7 Å². The molecule has 0 radical (unpaired) electrons. The third kappa shape index (κ3) is 4.38. The number of hydrogen-bond acceptors (Lipinski definition) is 5. The second kappa shape index (κ2) is 7.36. The highest BCUT2D eigenvalue weighted by Crippen LogP contribution is 2.10. The van der Waals surface area contributed by atoms with E-state index in [1.165, 1.54) is 27.9 Å². The number of nitrogens with zero attached hydrogens (tertiary/aromatic N) is 4. The van der Waals surface area contributed by atoms with Crippen molar-refractivity contribution in [3.63, 3.8) is 0 Å². The molecule has 0 saturated heterocycles. The summed E-state index contributed by atoms with van der Waals surface area (Å²) >= 11 is 0. The van der Waals surface area contributed by atoms with Crippen molar-refractivity contribution in [2.24, 2.45) is 0 Å². The smallest absolute Gasteiger partial charge is 0.335 e. The molecule has 2 rings (SSSR count). The molecule has 0 aliphatic carbocycles. The molecule has 0 unspecified atom stereocenters. The minimum atomic E-state index is -1.00. The molecule has 126 valence electrons. The number of carbonyl (C=O) groups is 2. The second-order valence-electron chi connectivity index (χ2n) is 5.22. The summed E-state index contributed by atoms with van der Waals surface area (Å²) in [5.41, 5.74) is 0.882. The van der Waals surface area contributed by atoms with Crippen LogP contribution in [0.3, 0.4) is 0 Å². The molecule has 1 amide bonds. The Hall–Kier alpha value is -3.23. The van der Waals surface area contributed by atoms with Crippen LogP contribution in [-0.2, 0) is 17.9 Å². The quantitative estimate of drug-likeness (QED) is 0.607. The zero-order valence-corrected chi connectivity index (χ0v) is 13.0. The van der Waals surface area contributed by atoms with E-state index in [0.717, 1.165) is 11.8 Å². The molecular weight excluding hydrogens is 316 g/mol. The van der Waals surface area contributed by atoms with Crippen LogP contribution in [0.2, 0.25) is 0 Å². The molecule has 0 spiro atoms. The predicted molar refractivity (Wildman–Crippen MR) is 83.4 cm³/mol. The Morgan fingerprint density at radius 3 is 2.54 bits per heavy atom. The Morgan fingerprint density at radius 1 is 1.33 bits per heavy atom. The van der Waals surface area contributed by atoms with Gasteiger partial charge in [0.15, 0.2) is 0 Å². The van der Waals surface area contributed by atoms with Crippen molar-refractivity contribution in [1.29, 1.82) is 0 Å². The lowest BCUT2D eigenvalue weighted by Crippen LogP contribution is -2.27. The van der Waals surface area contributed by atoms with Gasteiger partial charge in [0.05, 0.1) is 10.5 Å². The van der Waals surface area contributed by atoms with E-state index in [4.69, 9.17) is 5.11 Å². The zero-order chi connectivity index (χ0) is 17.7. The van der Waals surface area contributed by atoms with Gasteiger partial charge in [-0.1, -0.05) is 12.1 Å². The number of aromatic carboxylic acids is 1. The van der Waals surface area contributed by atoms with Gasteiger partial charge in [-0.2, -0.15) is 5.10 Å². The number of hydrogen-bond donors (Lipinski definition) is 1. The molecule has 1 aromatic carbocycles. The Kier molecular flexibility index (Phi) is 5.25. The van der Waals surface area contributed by atoms with Crippen molar-refractivity contribution in [2.45, 2.75) is 19.5 Å². The maximum atomic E-state index is 12.1. The Morgan fingerprint density at radius 2 is 2.00 bits per heavy atom. The van der Waals surface area contributed by atoms with Crippen LogP contribution in [0.4, 0.5) is 5.69 Å². The highest BCUT2D eigenvalue weighted by molar-refractivity contribution is 5.87. The van der Waals surface area contributed by atoms with Crippen LogP contribution in [0.15, 0.2) is 36.7 Å². The number of nitro groups is 1. The Bertz CT molecular complexity index is 753. The summed E-state index contributed by atoms with van der Waals surface area (Å²) in [5.74, 6) is -1.14. The molecule has 9 nitrogen and oxygen atoms in total. The minimum absolute atomic E-state index is 0.116. The normalized spacial score (nSPS) is 10.4. The molecule has 1 N–H and O–H groups in total. The fourth-order valence-corrected chi connectivity index (χ4v) is 2.09. The van der Waals surface area contributed by atoms with E-state index < -0.39 is 10.9 Å². The molecule has 0 atom stereocenters. The van der Waals surface area contributed by atoms with Crippen LogP contribution in [0.5, 0.6) is 0 Å². The van der Waals surface area contributed by atoms with Crippen LogP contribution in [-0.4, -0.2) is 43.6 Å². The first-order chi connectivity index (χ1) is 11.4. The van der Waals surface area contributed by atoms with Gasteiger partial charge in [-0.15, -0.1) is 0 Å². The van der Waals surface area contributed by atoms with Crippen LogP contribution >= 0.6 is 0 Å². The highest BCUT2D eigenvalue weighted by atomic mass is 16.6. The zero-order valence-electron chi connectivity index (χ0n) is 13.0. The summed E-state index contributed by atoms with van der Waals surface area (Å²) in [4.78, 5) is 34.4. The summed E-state index contributed by atoms with van der Waals surface area (Å²) in [5, 5.41) is 23.2. The Balaban J connectivity index is 1.87. The number of carbonyl (C=O) groups excluding carboxylic acids is 1. The van der Waals surface area contributed by atoms with E-state index in [-0.39, 0.29) is 30.1 Å². The number of carboxylic acids is 1. The van der Waals surface area contributed by atoms with Gasteiger partial charge in [0.2, 0.25) is 5.91 Å². The molecule has 0 fully saturated rings. The first-order valence-electron chi connectivity index (χ1n) is 7.10. The van der Waals surface area contributed by atoms with Gasteiger partial charge in [-0.3, -0.25) is 19.6 Å². The first-order valence-corrected chi connectivity index (χ1v) is 7.10. The van der Waals surface area contributed by atoms with Crippen LogP contribution in [0.25, 0.3) is 0 Å². The van der Waals surface area contributed by atoms with Crippen molar-refractivity contribution >= 4 is 17.6 Å². The second-order valence-corrected chi connectivity index (χ2v) is 5.22. The van der Waals surface area contributed by atoms with E-state index in [2.05, 4.69) is 5.10 Å². The summed E-state index contributed by atoms with van der Waals surface area (Å²) in [6.45, 7) is 0.590. The molecule has 1 aromatic heterocycles. The summed E-state index contributed by atoms with van der Waals surface area (Å²) in [6, 6.07) is 6.28. The molecule has 1 heterocycles. The number of aromatic nitrogens is 2. The third-order valence-electron chi connectivity index (χ3n) is 3.43. The monoisotopic (exact) mass is 332 g/mol. The lowest BCUT2D eigenvalue weighted by molar-refractivity contribution is -0.385. The lowest BCUT2D eigenvalue weighted by atomic mass is 10.1. The lowest BCUT2D eigenvalue weighted by Gasteiger charge is -2.17. The van der Waals surface area contributed by atoms with Gasteiger partial charge in [0.25, 0.3) is 0 Å². The van der Waals surface area contributed by atoms with Crippen molar-refractivity contribution in [3.05, 3.63) is 57.9 Å². The number of rotatable bonds is 7. The molecule has 9 heteroatoms. The largest absolute Gasteiger partial charge is 0.478 e. The molecular formula is C15H16N4O5. The fraction of sp³-hybridized carbons (Fsp3) is 0.267. The van der Waals surface area contributed by atoms with Gasteiger partial charge >= 0.3 is 11.7 Å². The van der Waals surface area contributed by atoms with Gasteiger partial charge in [0, 0.05) is 26.6 Å². The van der Waals surface area contributed by atoms with Crippen molar-refractivity contribution in [1.82, 2.24) is 14.7 Å². The summed E-state index contributed by atoms with van der Waals surface area (Å²) in [6.07, 6.45) is 2.57. The van der Waals surface area contributed by atoms with Crippen LogP contribution < -0.4 is 0 Å². The van der Waals surface area contributed by atoms with Crippen molar-refractivity contribution < 1.29 is 19.6 Å². The summed E-state index contributed by atoms with van der Waals surface area (Å²) < 4.78 is 1.35. The average molecular weight is 332 g/mol. The van der Waals surface area contributed by atoms with Gasteiger partial charge < -0.3 is 10.0 Å². The van der Waals surface area contributed by atoms with E-state index in [9.17, 15) is 19.7 Å². The highest BCUT2D eigenvalue weighted by Gasteiger charge is 2.13. The Labute approximate surface area is 137 Å². The predicted octanol–water partition coefficient (Wildman–Crippen LogP) is 1.54. The minimum Gasteiger partial charge on any atom is -0.478 e. The van der Waals surface area contributed by atoms with Gasteiger partial charge in [-0.25, -0.2) is 4.79 Å². The summed E-state index contributed by atoms with van der Waals surface area (Å²) in [7, 11) is 1.64. The van der Waals surface area contributed by atoms with E-state index >= 15 is 0 Å². The van der Waals surface area contributed by atoms with E-state index in [0.29, 0.717) is 6.54 Å². The SMILES string of the molecule is CN(Cc1ccc(C(=O)O)cc1)C(=O)CCn1cc([N+](=O)[O-])cn1. The first kappa shape index (κ1) is 17.1. The molecule has 2 aromatic rings. The van der Waals surface area contributed by atoms with Crippen LogP contribution in [0.1, 0.15) is 22.3 Å². The molecule has 24 heavy (non-hydrogen) atoms. The number of carboxylic acid groups (broad SMARTS) is 1. The molecule has 0 bridgehead atoms. The maximum absolute atomic E-state index is 12.1. The molecule has 0 aliphatic rings. The number of amides is 1. The van der Waals surface area contributed by atoms with Gasteiger partial charge in [0.1, 0.15) is 12.4 Å². The standard InChI is InChI=1S/C15H16N4O5/c1-17(9-11-2-4-12(5-3-11)15(21)22)14(20)6-7-18-10-13(8-16-18)19(23)24/h2-5,8,10H,6-7,9H2,1H3,(H,21,22). The maximum Gasteiger partial charge on any atom is 0.335 e. The van der Waals surface area contributed by atoms with Crippen molar-refractivity contribution in [2.75, 3.05) is 7.05 Å². The van der Waals surface area contributed by atoms with Crippen molar-refractivity contribution in [3.8, 4) is 0 Å². The van der Waals surface area contributed by atoms with Crippen LogP contribution in [0, 0.1) is 10.1 Å². The van der Waals surface area contributed by atoms with E-state index in [1.807, 2.05) is 0 Å². The fourth-order valence-electron chi connectivity index (χ4n) is 2.09. The topological polar surface area (TPSA) is 119 Å². The number of benzene rings is 1. The number of aryl methyl sites for hydroxylation is 1.